The molecular formula is C10H19N3. The largest absolute Gasteiger partial charge is 0.330 e. The second kappa shape index (κ2) is 4.42. The van der Waals surface area contributed by atoms with Crippen molar-refractivity contribution in [3.05, 3.63) is 18.0 Å². The third-order valence-electron chi connectivity index (χ3n) is 2.13. The minimum atomic E-state index is 0.418. The van der Waals surface area contributed by atoms with E-state index >= 15 is 0 Å². The average molecular weight is 181 g/mol. The van der Waals surface area contributed by atoms with Crippen molar-refractivity contribution in [3.8, 4) is 0 Å². The van der Waals surface area contributed by atoms with Crippen molar-refractivity contribution in [2.24, 2.45) is 11.7 Å². The molecule has 0 saturated carbocycles. The highest BCUT2D eigenvalue weighted by Crippen LogP contribution is 2.12. The molecule has 3 nitrogen and oxygen atoms in total. The first-order valence-electron chi connectivity index (χ1n) is 4.86. The van der Waals surface area contributed by atoms with Gasteiger partial charge in [-0.25, -0.2) is 0 Å². The summed E-state index contributed by atoms with van der Waals surface area (Å²) in [5.74, 6) is 1.06. The zero-order valence-electron chi connectivity index (χ0n) is 8.70. The van der Waals surface area contributed by atoms with Gasteiger partial charge in [-0.2, -0.15) is 5.10 Å². The summed E-state index contributed by atoms with van der Waals surface area (Å²) in [5, 5.41) is 4.29. The molecule has 74 valence electrons. The van der Waals surface area contributed by atoms with Crippen molar-refractivity contribution in [2.75, 3.05) is 6.54 Å². The third-order valence-corrected chi connectivity index (χ3v) is 2.13. The molecule has 0 bridgehead atoms. The van der Waals surface area contributed by atoms with Crippen molar-refractivity contribution in [1.29, 1.82) is 0 Å². The van der Waals surface area contributed by atoms with Crippen LogP contribution in [-0.4, -0.2) is 16.3 Å². The van der Waals surface area contributed by atoms with Crippen LogP contribution in [0.3, 0.4) is 0 Å². The molecule has 1 aromatic heterocycles. The van der Waals surface area contributed by atoms with E-state index in [0.717, 1.165) is 6.54 Å². The number of nitrogens with two attached hydrogens (primary N) is 1. The Morgan fingerprint density at radius 3 is 2.69 bits per heavy atom. The smallest absolute Gasteiger partial charge is 0.0524 e. The zero-order chi connectivity index (χ0) is 9.84. The van der Waals surface area contributed by atoms with E-state index in [-0.39, 0.29) is 0 Å². The van der Waals surface area contributed by atoms with Gasteiger partial charge in [-0.15, -0.1) is 0 Å². The molecule has 0 aromatic carbocycles. The number of hydrogen-bond donors (Lipinski definition) is 1. The Balaban J connectivity index is 2.63. The number of aromatic nitrogens is 2. The van der Waals surface area contributed by atoms with Crippen molar-refractivity contribution in [2.45, 2.75) is 33.2 Å². The van der Waals surface area contributed by atoms with E-state index in [1.165, 1.54) is 5.56 Å². The van der Waals surface area contributed by atoms with Gasteiger partial charge in [-0.3, -0.25) is 4.68 Å². The summed E-state index contributed by atoms with van der Waals surface area (Å²) in [4.78, 5) is 0. The molecule has 13 heavy (non-hydrogen) atoms. The highest BCUT2D eigenvalue weighted by atomic mass is 15.3. The molecule has 1 aromatic rings. The maximum absolute atomic E-state index is 5.58. The Labute approximate surface area is 79.9 Å². The van der Waals surface area contributed by atoms with E-state index in [2.05, 4.69) is 32.1 Å². The number of hydrogen-bond acceptors (Lipinski definition) is 2. The van der Waals surface area contributed by atoms with Crippen LogP contribution in [0.4, 0.5) is 0 Å². The molecule has 0 aliphatic carbocycles. The molecular weight excluding hydrogens is 162 g/mol. The lowest BCUT2D eigenvalue weighted by atomic mass is 10.1. The van der Waals surface area contributed by atoms with Crippen molar-refractivity contribution in [1.82, 2.24) is 9.78 Å². The molecule has 1 rings (SSSR count). The van der Waals surface area contributed by atoms with Gasteiger partial charge in [0.05, 0.1) is 6.20 Å². The van der Waals surface area contributed by atoms with Crippen LogP contribution in [-0.2, 0) is 6.54 Å². The summed E-state index contributed by atoms with van der Waals surface area (Å²) in [5.41, 5.74) is 6.82. The molecule has 0 aliphatic heterocycles. The maximum atomic E-state index is 5.58. The summed E-state index contributed by atoms with van der Waals surface area (Å²) in [6.45, 7) is 8.17. The monoisotopic (exact) mass is 181 g/mol. The quantitative estimate of drug-likeness (QED) is 0.766. The lowest BCUT2D eigenvalue weighted by Gasteiger charge is -2.05. The van der Waals surface area contributed by atoms with E-state index in [1.807, 2.05) is 10.9 Å². The number of rotatable bonds is 4. The van der Waals surface area contributed by atoms with Gasteiger partial charge in [0.15, 0.2) is 0 Å². The molecule has 0 saturated heterocycles. The van der Waals surface area contributed by atoms with Crippen LogP contribution < -0.4 is 5.73 Å². The van der Waals surface area contributed by atoms with E-state index < -0.39 is 0 Å². The molecule has 0 fully saturated rings. The van der Waals surface area contributed by atoms with Crippen molar-refractivity contribution < 1.29 is 0 Å². The van der Waals surface area contributed by atoms with E-state index in [0.29, 0.717) is 18.4 Å². The fourth-order valence-corrected chi connectivity index (χ4v) is 1.24. The molecule has 1 atom stereocenters. The van der Waals surface area contributed by atoms with Gasteiger partial charge < -0.3 is 5.73 Å². The topological polar surface area (TPSA) is 43.8 Å². The van der Waals surface area contributed by atoms with Crippen LogP contribution in [0.2, 0.25) is 0 Å². The van der Waals surface area contributed by atoms with Crippen LogP contribution in [0.25, 0.3) is 0 Å². The molecule has 0 radical (unpaired) electrons. The van der Waals surface area contributed by atoms with Gasteiger partial charge in [-0.05, 0) is 23.9 Å². The Morgan fingerprint density at radius 2 is 2.15 bits per heavy atom. The lowest BCUT2D eigenvalue weighted by Crippen LogP contribution is -2.08. The third kappa shape index (κ3) is 2.84. The molecule has 2 N–H and O–H groups in total. The van der Waals surface area contributed by atoms with Crippen LogP contribution in [0.5, 0.6) is 0 Å². The second-order valence-corrected chi connectivity index (χ2v) is 4.03. The fraction of sp³-hybridized carbons (Fsp3) is 0.700. The van der Waals surface area contributed by atoms with Crippen LogP contribution in [0.1, 0.15) is 32.3 Å². The number of nitrogens with zero attached hydrogens (tertiary/aromatic N) is 2. The van der Waals surface area contributed by atoms with Gasteiger partial charge >= 0.3 is 0 Å². The molecule has 3 heteroatoms. The first-order valence-corrected chi connectivity index (χ1v) is 4.86. The summed E-state index contributed by atoms with van der Waals surface area (Å²) in [7, 11) is 0. The minimum absolute atomic E-state index is 0.418. The highest BCUT2D eigenvalue weighted by Gasteiger charge is 2.06. The first kappa shape index (κ1) is 10.3. The summed E-state index contributed by atoms with van der Waals surface area (Å²) in [6.07, 6.45) is 4.01. The predicted octanol–water partition coefficient (Wildman–Crippen LogP) is 1.60. The Morgan fingerprint density at radius 1 is 1.46 bits per heavy atom. The van der Waals surface area contributed by atoms with E-state index in [9.17, 15) is 0 Å². The zero-order valence-corrected chi connectivity index (χ0v) is 8.70. The highest BCUT2D eigenvalue weighted by molar-refractivity contribution is 5.10. The SMILES string of the molecule is CC(C)Cn1cc(C(C)CN)cn1. The lowest BCUT2D eigenvalue weighted by molar-refractivity contribution is 0.482. The fourth-order valence-electron chi connectivity index (χ4n) is 1.24. The van der Waals surface area contributed by atoms with Crippen LogP contribution in [0, 0.1) is 5.92 Å². The van der Waals surface area contributed by atoms with Crippen LogP contribution >= 0.6 is 0 Å². The summed E-state index contributed by atoms with van der Waals surface area (Å²) >= 11 is 0. The van der Waals surface area contributed by atoms with Gasteiger partial charge in [0.2, 0.25) is 0 Å². The molecule has 0 aliphatic rings. The molecule has 1 heterocycles. The minimum Gasteiger partial charge on any atom is -0.330 e. The van der Waals surface area contributed by atoms with Crippen molar-refractivity contribution in [3.63, 3.8) is 0 Å². The van der Waals surface area contributed by atoms with E-state index in [4.69, 9.17) is 5.73 Å². The Hall–Kier alpha value is -0.830. The molecule has 1 unspecified atom stereocenters. The standard InChI is InChI=1S/C10H19N3/c1-8(2)6-13-7-10(5-12-13)9(3)4-11/h5,7-9H,4,6,11H2,1-3H3. The van der Waals surface area contributed by atoms with Gasteiger partial charge in [0.25, 0.3) is 0 Å². The Kier molecular flexibility index (Phi) is 3.48. The van der Waals surface area contributed by atoms with Gasteiger partial charge in [0, 0.05) is 12.7 Å². The summed E-state index contributed by atoms with van der Waals surface area (Å²) in [6, 6.07) is 0. The Bertz CT molecular complexity index is 252. The van der Waals surface area contributed by atoms with Crippen LogP contribution in [0.15, 0.2) is 12.4 Å². The van der Waals surface area contributed by atoms with Gasteiger partial charge in [0.1, 0.15) is 0 Å². The summed E-state index contributed by atoms with van der Waals surface area (Å²) < 4.78 is 1.99. The van der Waals surface area contributed by atoms with E-state index in [1.54, 1.807) is 0 Å². The average Bonchev–Trinajstić information content (AvgIpc) is 2.50. The van der Waals surface area contributed by atoms with Gasteiger partial charge in [-0.1, -0.05) is 20.8 Å². The maximum Gasteiger partial charge on any atom is 0.0524 e. The first-order chi connectivity index (χ1) is 6.13. The molecule has 0 amide bonds. The van der Waals surface area contributed by atoms with Crippen molar-refractivity contribution >= 4 is 0 Å². The second-order valence-electron chi connectivity index (χ2n) is 4.03. The predicted molar refractivity (Wildman–Crippen MR) is 54.5 cm³/mol. The normalized spacial score (nSPS) is 13.6. The molecule has 0 spiro atoms.